The molecule has 0 saturated carbocycles. The lowest BCUT2D eigenvalue weighted by molar-refractivity contribution is 0.101. The number of aliphatic hydroxyl groups excluding tert-OH is 1. The minimum absolute atomic E-state index is 0.0367. The summed E-state index contributed by atoms with van der Waals surface area (Å²) in [6.45, 7) is 1.69. The molecule has 1 aliphatic rings. The molecule has 0 saturated heterocycles. The first-order valence-electron chi connectivity index (χ1n) is 8.29. The number of nitrogens with zero attached hydrogens (tertiary/aromatic N) is 3. The van der Waals surface area contributed by atoms with Crippen molar-refractivity contribution < 1.29 is 9.90 Å². The summed E-state index contributed by atoms with van der Waals surface area (Å²) in [5.41, 5.74) is 3.44. The maximum atomic E-state index is 11.6. The molecule has 0 atom stereocenters. The summed E-state index contributed by atoms with van der Waals surface area (Å²) in [5, 5.41) is 19.1. The quantitative estimate of drug-likeness (QED) is 0.711. The number of ketones is 1. The highest BCUT2D eigenvalue weighted by molar-refractivity contribution is 6.30. The lowest BCUT2D eigenvalue weighted by Gasteiger charge is -2.19. The molecule has 0 radical (unpaired) electrons. The molecule has 0 spiro atoms. The molecule has 130 valence electrons. The Kier molecular flexibility index (Phi) is 3.61. The van der Waals surface area contributed by atoms with E-state index in [0.29, 0.717) is 22.6 Å². The average molecular weight is 346 g/mol. The highest BCUT2D eigenvalue weighted by Crippen LogP contribution is 2.32. The van der Waals surface area contributed by atoms with Gasteiger partial charge >= 0.3 is 0 Å². The van der Waals surface area contributed by atoms with Crippen molar-refractivity contribution >= 4 is 33.9 Å². The fourth-order valence-corrected chi connectivity index (χ4v) is 3.30. The molecule has 3 aromatic rings. The van der Waals surface area contributed by atoms with E-state index in [1.165, 1.54) is 6.92 Å². The van der Waals surface area contributed by atoms with Crippen LogP contribution < -0.4 is 4.90 Å². The zero-order chi connectivity index (χ0) is 18.4. The summed E-state index contributed by atoms with van der Waals surface area (Å²) in [6, 6.07) is 14.8. The van der Waals surface area contributed by atoms with E-state index >= 15 is 0 Å². The van der Waals surface area contributed by atoms with Crippen molar-refractivity contribution in [2.75, 3.05) is 11.4 Å². The Morgan fingerprint density at radius 2 is 1.96 bits per heavy atom. The third kappa shape index (κ3) is 2.38. The molecular formula is C20H18N4O2. The van der Waals surface area contributed by atoms with Gasteiger partial charge in [0, 0.05) is 18.3 Å². The number of hydrogen-bond acceptors (Lipinski definition) is 4. The third-order valence-electron chi connectivity index (χ3n) is 4.68. The van der Waals surface area contributed by atoms with Gasteiger partial charge in [-0.25, -0.2) is 4.98 Å². The SMILES string of the molecule is CC(=O)c1cccc(N2CC(O)=C(c3nc4ccccc4n3C)C2=N)c1. The van der Waals surface area contributed by atoms with Crippen molar-refractivity contribution in [2.24, 2.45) is 7.05 Å². The summed E-state index contributed by atoms with van der Waals surface area (Å²) in [7, 11) is 1.87. The molecule has 6 nitrogen and oxygen atoms in total. The minimum atomic E-state index is -0.0367. The second-order valence-electron chi connectivity index (χ2n) is 6.35. The molecule has 26 heavy (non-hydrogen) atoms. The van der Waals surface area contributed by atoms with Crippen LogP contribution in [0.3, 0.4) is 0 Å². The van der Waals surface area contributed by atoms with Crippen molar-refractivity contribution in [3.63, 3.8) is 0 Å². The van der Waals surface area contributed by atoms with Crippen molar-refractivity contribution in [3.05, 3.63) is 65.7 Å². The Bertz CT molecular complexity index is 1090. The number of benzene rings is 2. The topological polar surface area (TPSA) is 82.2 Å². The van der Waals surface area contributed by atoms with Gasteiger partial charge in [0.25, 0.3) is 0 Å². The van der Waals surface area contributed by atoms with Crippen LogP contribution in [0.2, 0.25) is 0 Å². The summed E-state index contributed by atoms with van der Waals surface area (Å²) in [4.78, 5) is 17.9. The first kappa shape index (κ1) is 16.1. The maximum Gasteiger partial charge on any atom is 0.159 e. The molecule has 0 unspecified atom stereocenters. The van der Waals surface area contributed by atoms with Crippen LogP contribution in [0.5, 0.6) is 0 Å². The van der Waals surface area contributed by atoms with Gasteiger partial charge in [-0.15, -0.1) is 0 Å². The van der Waals surface area contributed by atoms with Crippen LogP contribution in [0.4, 0.5) is 5.69 Å². The lowest BCUT2D eigenvalue weighted by Crippen LogP contribution is -2.26. The Morgan fingerprint density at radius 1 is 1.19 bits per heavy atom. The van der Waals surface area contributed by atoms with Gasteiger partial charge in [0.05, 0.1) is 23.2 Å². The molecule has 1 aliphatic heterocycles. The number of aryl methyl sites for hydroxylation is 1. The number of Topliss-reactive ketones (excluding diaryl/α,β-unsaturated/α-hetero) is 1. The van der Waals surface area contributed by atoms with Crippen LogP contribution in [0.1, 0.15) is 23.1 Å². The number of carbonyl (C=O) groups excluding carboxylic acids is 1. The van der Waals surface area contributed by atoms with E-state index < -0.39 is 0 Å². The Hall–Kier alpha value is -3.41. The largest absolute Gasteiger partial charge is 0.509 e. The molecular weight excluding hydrogens is 328 g/mol. The van der Waals surface area contributed by atoms with Gasteiger partial charge in [-0.1, -0.05) is 24.3 Å². The van der Waals surface area contributed by atoms with Gasteiger partial charge in [-0.05, 0) is 31.2 Å². The molecule has 0 fully saturated rings. The number of carbonyl (C=O) groups is 1. The van der Waals surface area contributed by atoms with Crippen LogP contribution in [0, 0.1) is 5.41 Å². The minimum Gasteiger partial charge on any atom is -0.509 e. The van der Waals surface area contributed by atoms with Crippen molar-refractivity contribution in [1.29, 1.82) is 5.41 Å². The smallest absolute Gasteiger partial charge is 0.159 e. The molecule has 4 rings (SSSR count). The van der Waals surface area contributed by atoms with E-state index in [9.17, 15) is 9.90 Å². The highest BCUT2D eigenvalue weighted by atomic mass is 16.3. The number of imidazole rings is 1. The number of hydrogen-bond donors (Lipinski definition) is 2. The van der Waals surface area contributed by atoms with Crippen molar-refractivity contribution in [3.8, 4) is 0 Å². The number of aliphatic hydroxyl groups is 1. The zero-order valence-corrected chi connectivity index (χ0v) is 14.5. The lowest BCUT2D eigenvalue weighted by atomic mass is 10.1. The zero-order valence-electron chi connectivity index (χ0n) is 14.5. The normalized spacial score (nSPS) is 14.5. The average Bonchev–Trinajstić information content (AvgIpc) is 3.11. The second-order valence-corrected chi connectivity index (χ2v) is 6.35. The number of rotatable bonds is 3. The Morgan fingerprint density at radius 3 is 2.69 bits per heavy atom. The van der Waals surface area contributed by atoms with E-state index in [4.69, 9.17) is 5.41 Å². The molecule has 0 amide bonds. The van der Waals surface area contributed by atoms with E-state index in [-0.39, 0.29) is 23.9 Å². The number of para-hydroxylation sites is 2. The van der Waals surface area contributed by atoms with Gasteiger partial charge < -0.3 is 14.6 Å². The molecule has 6 heteroatoms. The maximum absolute atomic E-state index is 11.6. The van der Waals surface area contributed by atoms with E-state index in [2.05, 4.69) is 4.98 Å². The first-order valence-corrected chi connectivity index (χ1v) is 8.29. The molecule has 0 bridgehead atoms. The van der Waals surface area contributed by atoms with Gasteiger partial charge in [-0.2, -0.15) is 0 Å². The molecule has 1 aromatic heterocycles. The van der Waals surface area contributed by atoms with Crippen LogP contribution in [-0.4, -0.2) is 32.8 Å². The predicted molar refractivity (Wildman–Crippen MR) is 102 cm³/mol. The van der Waals surface area contributed by atoms with Crippen LogP contribution >= 0.6 is 0 Å². The van der Waals surface area contributed by atoms with Crippen LogP contribution in [-0.2, 0) is 7.05 Å². The first-order chi connectivity index (χ1) is 12.5. The van der Waals surface area contributed by atoms with Crippen molar-refractivity contribution in [2.45, 2.75) is 6.92 Å². The number of anilines is 1. The summed E-state index contributed by atoms with van der Waals surface area (Å²) >= 11 is 0. The van der Waals surface area contributed by atoms with Crippen molar-refractivity contribution in [1.82, 2.24) is 9.55 Å². The van der Waals surface area contributed by atoms with Crippen LogP contribution in [0.25, 0.3) is 16.6 Å². The summed E-state index contributed by atoms with van der Waals surface area (Å²) < 4.78 is 1.88. The molecule has 0 aliphatic carbocycles. The van der Waals surface area contributed by atoms with E-state index in [0.717, 1.165) is 11.0 Å². The third-order valence-corrected chi connectivity index (χ3v) is 4.68. The fourth-order valence-electron chi connectivity index (χ4n) is 3.30. The fraction of sp³-hybridized carbons (Fsp3) is 0.150. The summed E-state index contributed by atoms with van der Waals surface area (Å²) in [6.07, 6.45) is 0. The van der Waals surface area contributed by atoms with Gasteiger partial charge in [0.2, 0.25) is 0 Å². The Labute approximate surface area is 150 Å². The Balaban J connectivity index is 1.76. The summed E-state index contributed by atoms with van der Waals surface area (Å²) in [5.74, 6) is 0.785. The van der Waals surface area contributed by atoms with Gasteiger partial charge in [0.15, 0.2) is 5.78 Å². The standard InChI is InChI=1S/C20H18N4O2/c1-12(25)13-6-5-7-14(10-13)24-11-17(26)18(19(24)21)20-22-15-8-3-4-9-16(15)23(20)2/h3-10,21,26H,11H2,1-2H3. The number of aromatic nitrogens is 2. The molecule has 2 N–H and O–H groups in total. The van der Waals surface area contributed by atoms with E-state index in [1.807, 2.05) is 41.9 Å². The number of nitrogens with one attached hydrogen (secondary N) is 1. The number of amidine groups is 1. The second kappa shape index (κ2) is 5.84. The molecule has 2 heterocycles. The molecule has 2 aromatic carbocycles. The monoisotopic (exact) mass is 346 g/mol. The van der Waals surface area contributed by atoms with Gasteiger partial charge in [-0.3, -0.25) is 10.2 Å². The predicted octanol–water partition coefficient (Wildman–Crippen LogP) is 3.54. The van der Waals surface area contributed by atoms with E-state index in [1.54, 1.807) is 23.1 Å². The highest BCUT2D eigenvalue weighted by Gasteiger charge is 2.32. The number of fused-ring (bicyclic) bond motifs is 1. The van der Waals surface area contributed by atoms with Crippen LogP contribution in [0.15, 0.2) is 54.3 Å². The van der Waals surface area contributed by atoms with Gasteiger partial charge in [0.1, 0.15) is 17.4 Å².